The van der Waals surface area contributed by atoms with Crippen molar-refractivity contribution in [2.24, 2.45) is 0 Å². The Bertz CT molecular complexity index is 1210. The van der Waals surface area contributed by atoms with E-state index in [0.717, 1.165) is 32.1 Å². The van der Waals surface area contributed by atoms with Gasteiger partial charge in [-0.15, -0.1) is 0 Å². The van der Waals surface area contributed by atoms with Crippen molar-refractivity contribution in [3.63, 3.8) is 0 Å². The second-order valence-electron chi connectivity index (χ2n) is 26.8. The van der Waals surface area contributed by atoms with E-state index in [1.165, 1.54) is 398 Å². The molecule has 3 N–H and O–H groups in total. The summed E-state index contributed by atoms with van der Waals surface area (Å²) in [5, 5.41) is 23.3. The number of nitrogens with one attached hydrogen (secondary N) is 1. The van der Waals surface area contributed by atoms with E-state index >= 15 is 0 Å². The van der Waals surface area contributed by atoms with E-state index in [2.05, 4.69) is 31.3 Å². The summed E-state index contributed by atoms with van der Waals surface area (Å²) >= 11 is 0. The molecule has 0 aliphatic rings. The number of aliphatic hydroxyl groups is 2. The first kappa shape index (κ1) is 80.9. The molecule has 0 spiro atoms. The van der Waals surface area contributed by atoms with Gasteiger partial charge in [0.2, 0.25) is 5.91 Å². The van der Waals surface area contributed by atoms with Crippen molar-refractivity contribution < 1.29 is 15.0 Å². The molecule has 0 aromatic rings. The molecule has 0 saturated heterocycles. The molecular weight excluding hydrogens is 999 g/mol. The van der Waals surface area contributed by atoms with E-state index in [9.17, 15) is 15.0 Å². The van der Waals surface area contributed by atoms with E-state index < -0.39 is 12.1 Å². The Hall–Kier alpha value is -1.13. The number of carbonyl (C=O) groups excluding carboxylic acids is 1. The normalized spacial score (nSPS) is 12.7. The third-order valence-corrected chi connectivity index (χ3v) is 18.4. The molecule has 4 heteroatoms. The van der Waals surface area contributed by atoms with Gasteiger partial charge >= 0.3 is 0 Å². The Balaban J connectivity index is 3.38. The molecule has 0 bridgehead atoms. The summed E-state index contributed by atoms with van der Waals surface area (Å²) in [4.78, 5) is 12.6. The number of carbonyl (C=O) groups is 1. The predicted octanol–water partition coefficient (Wildman–Crippen LogP) is 26.5. The summed E-state index contributed by atoms with van der Waals surface area (Å²) in [6.45, 7) is 4.36. The summed E-state index contributed by atoms with van der Waals surface area (Å²) in [7, 11) is 0. The molecule has 0 radical (unpaired) electrons. The summed E-state index contributed by atoms with van der Waals surface area (Å²) in [5.41, 5.74) is 0. The second-order valence-corrected chi connectivity index (χ2v) is 26.8. The largest absolute Gasteiger partial charge is 0.394 e. The van der Waals surface area contributed by atoms with Gasteiger partial charge in [0.25, 0.3) is 0 Å². The first-order valence-corrected chi connectivity index (χ1v) is 38.6. The lowest BCUT2D eigenvalue weighted by atomic mass is 10.0. The molecule has 0 rings (SSSR count). The van der Waals surface area contributed by atoms with E-state index in [1.807, 2.05) is 6.08 Å². The fourth-order valence-electron chi connectivity index (χ4n) is 12.6. The van der Waals surface area contributed by atoms with Crippen LogP contribution in [0.25, 0.3) is 0 Å². The Morgan fingerprint density at radius 2 is 0.476 bits per heavy atom. The molecule has 0 heterocycles. The van der Waals surface area contributed by atoms with Crippen LogP contribution in [-0.2, 0) is 4.79 Å². The lowest BCUT2D eigenvalue weighted by Crippen LogP contribution is -2.45. The minimum atomic E-state index is -0.862. The molecule has 1 amide bonds. The van der Waals surface area contributed by atoms with E-state index in [-0.39, 0.29) is 12.5 Å². The van der Waals surface area contributed by atoms with Gasteiger partial charge in [0.15, 0.2) is 0 Å². The van der Waals surface area contributed by atoms with Crippen LogP contribution >= 0.6 is 0 Å². The Labute approximate surface area is 517 Å². The predicted molar refractivity (Wildman–Crippen MR) is 369 cm³/mol. The molecule has 0 saturated carbocycles. The van der Waals surface area contributed by atoms with Gasteiger partial charge in [-0.05, 0) is 32.1 Å². The Morgan fingerprint density at radius 3 is 0.707 bits per heavy atom. The van der Waals surface area contributed by atoms with Crippen LogP contribution in [0.2, 0.25) is 0 Å². The van der Waals surface area contributed by atoms with Crippen LogP contribution in [0.5, 0.6) is 0 Å². The first-order valence-electron chi connectivity index (χ1n) is 38.6. The van der Waals surface area contributed by atoms with Crippen LogP contribution in [0.1, 0.15) is 450 Å². The first-order chi connectivity index (χ1) is 40.7. The van der Waals surface area contributed by atoms with Crippen molar-refractivity contribution in [2.75, 3.05) is 6.61 Å². The highest BCUT2D eigenvalue weighted by Crippen LogP contribution is 2.20. The molecule has 0 aliphatic heterocycles. The van der Waals surface area contributed by atoms with Crippen LogP contribution in [0.15, 0.2) is 24.3 Å². The maximum atomic E-state index is 12.6. The van der Waals surface area contributed by atoms with Crippen molar-refractivity contribution >= 4 is 5.91 Å². The van der Waals surface area contributed by atoms with E-state index in [1.54, 1.807) is 6.08 Å². The molecule has 4 nitrogen and oxygen atoms in total. The molecule has 488 valence electrons. The molecule has 0 aliphatic carbocycles. The highest BCUT2D eigenvalue weighted by molar-refractivity contribution is 5.76. The van der Waals surface area contributed by atoms with Crippen LogP contribution in [0.4, 0.5) is 0 Å². The minimum Gasteiger partial charge on any atom is -0.394 e. The summed E-state index contributed by atoms with van der Waals surface area (Å²) in [6.07, 6.45) is 102. The number of amides is 1. The summed E-state index contributed by atoms with van der Waals surface area (Å²) < 4.78 is 0. The summed E-state index contributed by atoms with van der Waals surface area (Å²) in [5.74, 6) is -0.0632. The second kappa shape index (κ2) is 74.1. The topological polar surface area (TPSA) is 69.6 Å². The number of hydrogen-bond donors (Lipinski definition) is 3. The van der Waals surface area contributed by atoms with Gasteiger partial charge in [0.1, 0.15) is 0 Å². The van der Waals surface area contributed by atoms with Gasteiger partial charge in [-0.3, -0.25) is 4.79 Å². The third-order valence-electron chi connectivity index (χ3n) is 18.4. The minimum absolute atomic E-state index is 0.0632. The van der Waals surface area contributed by atoms with Crippen molar-refractivity contribution in [3.8, 4) is 0 Å². The van der Waals surface area contributed by atoms with Gasteiger partial charge in [0, 0.05) is 6.42 Å². The van der Waals surface area contributed by atoms with Gasteiger partial charge in [-0.25, -0.2) is 0 Å². The lowest BCUT2D eigenvalue weighted by Gasteiger charge is -2.19. The van der Waals surface area contributed by atoms with Gasteiger partial charge in [-0.2, -0.15) is 0 Å². The third kappa shape index (κ3) is 69.6. The van der Waals surface area contributed by atoms with Gasteiger partial charge < -0.3 is 15.5 Å². The number of rotatable bonds is 73. The standard InChI is InChI=1S/C78H153NO3/c1-3-5-7-9-11-13-15-17-19-21-23-25-27-29-31-33-34-35-36-37-38-39-40-41-42-43-44-46-48-50-52-54-56-58-60-62-64-66-68-70-72-74-78(82)79-76(75-80)77(81)73-71-69-67-65-63-61-59-57-55-53-51-49-47-45-32-30-28-26-24-22-20-18-16-14-12-10-8-6-4-2/h63,65,71,73,76-77,80-81H,3-62,64,66-70,72,74-75H2,1-2H3,(H,79,82)/b65-63+,73-71+. The molecule has 2 atom stereocenters. The fraction of sp³-hybridized carbons (Fsp3) is 0.936. The quantitative estimate of drug-likeness (QED) is 0.0420. The molecule has 82 heavy (non-hydrogen) atoms. The zero-order valence-electron chi connectivity index (χ0n) is 56.6. The molecule has 0 fully saturated rings. The van der Waals surface area contributed by atoms with Crippen molar-refractivity contribution in [2.45, 2.75) is 463 Å². The fourth-order valence-corrected chi connectivity index (χ4v) is 12.6. The SMILES string of the molecule is CCCCCCCCCCCCCCCCCCCCCCCCC/C=C/CC/C=C/C(O)C(CO)NC(=O)CCCCCCCCCCCCCCCCCCCCCCCCCCCCCCCCCCCCCCCCCCC. The highest BCUT2D eigenvalue weighted by atomic mass is 16.3. The van der Waals surface area contributed by atoms with Crippen LogP contribution in [0, 0.1) is 0 Å². The monoisotopic (exact) mass is 1150 g/mol. The molecule has 0 aromatic heterocycles. The Morgan fingerprint density at radius 1 is 0.280 bits per heavy atom. The average Bonchev–Trinajstić information content (AvgIpc) is 3.50. The number of allylic oxidation sites excluding steroid dienone is 3. The maximum Gasteiger partial charge on any atom is 0.220 e. The number of aliphatic hydroxyl groups excluding tert-OH is 2. The van der Waals surface area contributed by atoms with E-state index in [4.69, 9.17) is 0 Å². The maximum absolute atomic E-state index is 12.6. The molecular formula is C78H153NO3. The van der Waals surface area contributed by atoms with Crippen molar-refractivity contribution in [1.29, 1.82) is 0 Å². The average molecular weight is 1150 g/mol. The lowest BCUT2D eigenvalue weighted by molar-refractivity contribution is -0.123. The van der Waals surface area contributed by atoms with Crippen LogP contribution in [0.3, 0.4) is 0 Å². The molecule has 0 aromatic carbocycles. The Kier molecular flexibility index (Phi) is 73.1. The number of hydrogen-bond acceptors (Lipinski definition) is 3. The van der Waals surface area contributed by atoms with Crippen molar-refractivity contribution in [1.82, 2.24) is 5.32 Å². The zero-order valence-corrected chi connectivity index (χ0v) is 56.6. The van der Waals surface area contributed by atoms with Gasteiger partial charge in [0.05, 0.1) is 18.8 Å². The van der Waals surface area contributed by atoms with Crippen LogP contribution < -0.4 is 5.32 Å². The smallest absolute Gasteiger partial charge is 0.220 e. The summed E-state index contributed by atoms with van der Waals surface area (Å²) in [6, 6.07) is -0.638. The zero-order chi connectivity index (χ0) is 59.1. The number of unbranched alkanes of at least 4 members (excludes halogenated alkanes) is 64. The van der Waals surface area contributed by atoms with Crippen molar-refractivity contribution in [3.05, 3.63) is 24.3 Å². The van der Waals surface area contributed by atoms with E-state index in [0.29, 0.717) is 6.42 Å². The molecule has 2 unspecified atom stereocenters. The van der Waals surface area contributed by atoms with Crippen LogP contribution in [-0.4, -0.2) is 34.9 Å². The van der Waals surface area contributed by atoms with Gasteiger partial charge in [-0.1, -0.05) is 436 Å². The highest BCUT2D eigenvalue weighted by Gasteiger charge is 2.18.